The minimum atomic E-state index is -0.210. The fourth-order valence-corrected chi connectivity index (χ4v) is 3.11. The Morgan fingerprint density at radius 3 is 2.54 bits per heavy atom. The predicted octanol–water partition coefficient (Wildman–Crippen LogP) is 2.89. The summed E-state index contributed by atoms with van der Waals surface area (Å²) < 4.78 is 0. The van der Waals surface area contributed by atoms with Gasteiger partial charge in [0.25, 0.3) is 11.8 Å². The highest BCUT2D eigenvalue weighted by Crippen LogP contribution is 2.32. The molecule has 0 radical (unpaired) electrons. The lowest BCUT2D eigenvalue weighted by molar-refractivity contribution is 0.0934. The largest absolute Gasteiger partial charge is 0.348 e. The molecule has 1 saturated carbocycles. The number of rotatable bonds is 6. The van der Waals surface area contributed by atoms with Gasteiger partial charge < -0.3 is 16.4 Å². The maximum absolute atomic E-state index is 12.5. The van der Waals surface area contributed by atoms with Crippen LogP contribution in [-0.2, 0) is 0 Å². The van der Waals surface area contributed by atoms with Gasteiger partial charge >= 0.3 is 0 Å². The second kappa shape index (κ2) is 8.28. The smallest absolute Gasteiger partial charge is 0.265 e. The van der Waals surface area contributed by atoms with E-state index in [4.69, 9.17) is 5.73 Å². The van der Waals surface area contributed by atoms with Crippen molar-refractivity contribution in [3.05, 3.63) is 52.2 Å². The molecule has 1 heterocycles. The van der Waals surface area contributed by atoms with Crippen molar-refractivity contribution >= 4 is 41.2 Å². The van der Waals surface area contributed by atoms with Crippen molar-refractivity contribution in [3.8, 4) is 0 Å². The van der Waals surface area contributed by atoms with Crippen molar-refractivity contribution in [1.29, 1.82) is 0 Å². The molecule has 0 aliphatic heterocycles. The zero-order valence-corrected chi connectivity index (χ0v) is 14.7. The van der Waals surface area contributed by atoms with Crippen molar-refractivity contribution < 1.29 is 9.59 Å². The summed E-state index contributed by atoms with van der Waals surface area (Å²) >= 11 is 1.36. The van der Waals surface area contributed by atoms with Gasteiger partial charge in [-0.3, -0.25) is 9.59 Å². The molecule has 0 bridgehead atoms. The summed E-state index contributed by atoms with van der Waals surface area (Å²) in [6, 6.07) is 10.6. The van der Waals surface area contributed by atoms with Gasteiger partial charge in [-0.05, 0) is 42.3 Å². The zero-order chi connectivity index (χ0) is 16.2. The highest BCUT2D eigenvalue weighted by molar-refractivity contribution is 7.12. The number of nitrogens with one attached hydrogen (secondary N) is 2. The number of hydrogen-bond donors (Lipinski definition) is 3. The molecule has 3 rings (SSSR count). The van der Waals surface area contributed by atoms with Gasteiger partial charge in [-0.25, -0.2) is 0 Å². The van der Waals surface area contributed by atoms with Gasteiger partial charge in [0.05, 0.1) is 16.1 Å². The monoisotopic (exact) mass is 365 g/mol. The van der Waals surface area contributed by atoms with Crippen molar-refractivity contribution in [2.24, 2.45) is 11.7 Å². The Morgan fingerprint density at radius 1 is 1.17 bits per heavy atom. The number of benzene rings is 1. The molecular weight excluding hydrogens is 346 g/mol. The standard InChI is InChI=1S/C17H19N3O2S.ClH/c18-10-14(11-7-8-11)20-16(21)12-4-1-2-5-13(12)19-17(22)15-6-3-9-23-15;/h1-6,9,11,14H,7-8,10,18H2,(H,19,22)(H,20,21);1H. The molecule has 1 atom stereocenters. The third-order valence-corrected chi connectivity index (χ3v) is 4.79. The molecule has 5 nitrogen and oxygen atoms in total. The van der Waals surface area contributed by atoms with Crippen LogP contribution in [0.5, 0.6) is 0 Å². The van der Waals surface area contributed by atoms with E-state index in [2.05, 4.69) is 10.6 Å². The van der Waals surface area contributed by atoms with Crippen LogP contribution in [0.4, 0.5) is 5.69 Å². The van der Waals surface area contributed by atoms with Crippen LogP contribution in [0.25, 0.3) is 0 Å². The third kappa shape index (κ3) is 4.35. The number of carbonyl (C=O) groups excluding carboxylic acids is 2. The molecule has 2 aromatic rings. The second-order valence-electron chi connectivity index (χ2n) is 5.63. The van der Waals surface area contributed by atoms with E-state index >= 15 is 0 Å². The van der Waals surface area contributed by atoms with E-state index in [-0.39, 0.29) is 30.3 Å². The van der Waals surface area contributed by atoms with Gasteiger partial charge in [0.15, 0.2) is 0 Å². The quantitative estimate of drug-likeness (QED) is 0.735. The Morgan fingerprint density at radius 2 is 1.92 bits per heavy atom. The first-order chi connectivity index (χ1) is 11.2. The second-order valence-corrected chi connectivity index (χ2v) is 6.58. The van der Waals surface area contributed by atoms with Gasteiger partial charge in [-0.15, -0.1) is 23.7 Å². The van der Waals surface area contributed by atoms with Crippen molar-refractivity contribution in [2.75, 3.05) is 11.9 Å². The maximum atomic E-state index is 12.5. The van der Waals surface area contributed by atoms with Crippen LogP contribution in [0.15, 0.2) is 41.8 Å². The van der Waals surface area contributed by atoms with Crippen LogP contribution in [0.2, 0.25) is 0 Å². The summed E-state index contributed by atoms with van der Waals surface area (Å²) in [5.74, 6) is 0.0732. The van der Waals surface area contributed by atoms with Crippen LogP contribution in [-0.4, -0.2) is 24.4 Å². The lowest BCUT2D eigenvalue weighted by Gasteiger charge is -2.17. The first-order valence-electron chi connectivity index (χ1n) is 7.64. The Balaban J connectivity index is 0.00000208. The summed E-state index contributed by atoms with van der Waals surface area (Å²) in [4.78, 5) is 25.3. The number of carbonyl (C=O) groups is 2. The van der Waals surface area contributed by atoms with Crippen LogP contribution in [0, 0.1) is 5.92 Å². The fraction of sp³-hybridized carbons (Fsp3) is 0.294. The van der Waals surface area contributed by atoms with E-state index in [1.807, 2.05) is 11.4 Å². The van der Waals surface area contributed by atoms with Gasteiger partial charge in [0, 0.05) is 12.6 Å². The summed E-state index contributed by atoms with van der Waals surface area (Å²) in [7, 11) is 0. The normalized spacial score (nSPS) is 14.4. The highest BCUT2D eigenvalue weighted by Gasteiger charge is 2.31. The number of anilines is 1. The lowest BCUT2D eigenvalue weighted by atomic mass is 10.1. The third-order valence-electron chi connectivity index (χ3n) is 3.93. The van der Waals surface area contributed by atoms with Crippen LogP contribution in [0.3, 0.4) is 0 Å². The number of thiophene rings is 1. The van der Waals surface area contributed by atoms with Crippen LogP contribution in [0.1, 0.15) is 32.9 Å². The summed E-state index contributed by atoms with van der Waals surface area (Å²) in [5.41, 5.74) is 6.70. The Labute approximate surface area is 151 Å². The van der Waals surface area contributed by atoms with Crippen LogP contribution >= 0.6 is 23.7 Å². The maximum Gasteiger partial charge on any atom is 0.265 e. The molecule has 0 spiro atoms. The number of halogens is 1. The SMILES string of the molecule is Cl.NCC(NC(=O)c1ccccc1NC(=O)c1cccs1)C1CC1. The molecule has 1 aliphatic rings. The van der Waals surface area contributed by atoms with E-state index in [1.165, 1.54) is 11.3 Å². The first-order valence-corrected chi connectivity index (χ1v) is 8.52. The summed E-state index contributed by atoms with van der Waals surface area (Å²) in [6.45, 7) is 0.431. The summed E-state index contributed by atoms with van der Waals surface area (Å²) in [5, 5.41) is 7.63. The molecule has 1 aromatic carbocycles. The van der Waals surface area contributed by atoms with Crippen LogP contribution < -0.4 is 16.4 Å². The number of hydrogen-bond acceptors (Lipinski definition) is 4. The van der Waals surface area contributed by atoms with Crippen molar-refractivity contribution in [1.82, 2.24) is 5.32 Å². The minimum Gasteiger partial charge on any atom is -0.348 e. The van der Waals surface area contributed by atoms with Crippen molar-refractivity contribution in [3.63, 3.8) is 0 Å². The highest BCUT2D eigenvalue weighted by atomic mass is 35.5. The number of nitrogens with two attached hydrogens (primary N) is 1. The van der Waals surface area contributed by atoms with E-state index in [1.54, 1.807) is 30.3 Å². The van der Waals surface area contributed by atoms with Gasteiger partial charge in [-0.1, -0.05) is 18.2 Å². The molecule has 1 unspecified atom stereocenters. The molecular formula is C17H20ClN3O2S. The molecule has 24 heavy (non-hydrogen) atoms. The fourth-order valence-electron chi connectivity index (χ4n) is 2.50. The zero-order valence-electron chi connectivity index (χ0n) is 13.0. The van der Waals surface area contributed by atoms with Gasteiger partial charge in [0.2, 0.25) is 0 Å². The Bertz CT molecular complexity index is 702. The predicted molar refractivity (Wildman–Crippen MR) is 99.0 cm³/mol. The molecule has 4 N–H and O–H groups in total. The molecule has 2 amide bonds. The van der Waals surface area contributed by atoms with E-state index < -0.39 is 0 Å². The van der Waals surface area contributed by atoms with Gasteiger partial charge in [-0.2, -0.15) is 0 Å². The molecule has 1 aromatic heterocycles. The summed E-state index contributed by atoms with van der Waals surface area (Å²) in [6.07, 6.45) is 2.22. The minimum absolute atomic E-state index is 0. The van der Waals surface area contributed by atoms with Gasteiger partial charge in [0.1, 0.15) is 0 Å². The average molecular weight is 366 g/mol. The van der Waals surface area contributed by atoms with E-state index in [9.17, 15) is 9.59 Å². The molecule has 0 saturated heterocycles. The first kappa shape index (κ1) is 18.4. The Kier molecular flexibility index (Phi) is 6.36. The molecule has 1 aliphatic carbocycles. The number of para-hydroxylation sites is 1. The van der Waals surface area contributed by atoms with Crippen molar-refractivity contribution in [2.45, 2.75) is 18.9 Å². The lowest BCUT2D eigenvalue weighted by Crippen LogP contribution is -2.42. The number of amides is 2. The Hall–Kier alpha value is -1.89. The molecule has 7 heteroatoms. The molecule has 1 fully saturated rings. The van der Waals surface area contributed by atoms with E-state index in [0.29, 0.717) is 28.6 Å². The average Bonchev–Trinajstić information content (AvgIpc) is 3.25. The topological polar surface area (TPSA) is 84.2 Å². The molecule has 128 valence electrons. The van der Waals surface area contributed by atoms with E-state index in [0.717, 1.165) is 12.8 Å².